The number of carboxylic acid groups (broad SMARTS) is 1. The molecule has 0 fully saturated rings. The van der Waals surface area contributed by atoms with Crippen molar-refractivity contribution in [2.75, 3.05) is 6.61 Å². The summed E-state index contributed by atoms with van der Waals surface area (Å²) in [7, 11) is 0. The normalized spacial score (nSPS) is 23.2. The van der Waals surface area contributed by atoms with Gasteiger partial charge in [0.25, 0.3) is 5.91 Å². The molecule has 10 nitrogen and oxygen atoms in total. The second-order valence-corrected chi connectivity index (χ2v) is 6.83. The van der Waals surface area contributed by atoms with E-state index in [0.717, 1.165) is 6.08 Å². The lowest BCUT2D eigenvalue weighted by Crippen LogP contribution is -2.63. The van der Waals surface area contributed by atoms with E-state index in [1.165, 1.54) is 31.2 Å². The Hall–Kier alpha value is -2.66. The van der Waals surface area contributed by atoms with Crippen LogP contribution in [0.25, 0.3) is 0 Å². The molecular weight excluding hydrogens is 408 g/mol. The van der Waals surface area contributed by atoms with E-state index in [1.807, 2.05) is 0 Å². The van der Waals surface area contributed by atoms with Crippen LogP contribution in [0, 0.1) is 0 Å². The summed E-state index contributed by atoms with van der Waals surface area (Å²) >= 11 is 5.80. The Balaban J connectivity index is 2.38. The lowest BCUT2D eigenvalue weighted by Gasteiger charge is -2.40. The fourth-order valence-electron chi connectivity index (χ4n) is 2.84. The van der Waals surface area contributed by atoms with Crippen LogP contribution in [-0.4, -0.2) is 75.2 Å². The molecule has 6 N–H and O–H groups in total. The van der Waals surface area contributed by atoms with Crippen LogP contribution in [0.15, 0.2) is 36.1 Å². The Labute approximate surface area is 170 Å². The Morgan fingerprint density at radius 1 is 1.17 bits per heavy atom. The summed E-state index contributed by atoms with van der Waals surface area (Å²) in [6.45, 7) is 0.349. The quantitative estimate of drug-likeness (QED) is 0.322. The zero-order valence-corrected chi connectivity index (χ0v) is 16.0. The number of rotatable bonds is 7. The molecule has 0 spiro atoms. The molecule has 0 saturated carbocycles. The summed E-state index contributed by atoms with van der Waals surface area (Å²) in [5.74, 6) is -3.22. The predicted molar refractivity (Wildman–Crippen MR) is 100 cm³/mol. The van der Waals surface area contributed by atoms with Gasteiger partial charge in [-0.1, -0.05) is 11.6 Å². The molecule has 1 aliphatic rings. The molecule has 0 unspecified atom stereocenters. The minimum absolute atomic E-state index is 0.222. The maximum absolute atomic E-state index is 12.6. The molecule has 0 radical (unpaired) electrons. The number of benzene rings is 1. The number of hydrogen-bond acceptors (Lipinski definition) is 7. The van der Waals surface area contributed by atoms with Crippen LogP contribution < -0.4 is 10.6 Å². The van der Waals surface area contributed by atoms with Crippen molar-refractivity contribution in [2.45, 2.75) is 37.3 Å². The topological polar surface area (TPSA) is 165 Å². The maximum atomic E-state index is 12.6. The first kappa shape index (κ1) is 22.6. The lowest BCUT2D eigenvalue weighted by molar-refractivity contribution is -0.146. The number of aliphatic carboxylic acids is 1. The highest BCUT2D eigenvalue weighted by Gasteiger charge is 2.44. The minimum Gasteiger partial charge on any atom is -0.478 e. The first-order chi connectivity index (χ1) is 13.6. The summed E-state index contributed by atoms with van der Waals surface area (Å²) in [6, 6.07) is 3.65. The van der Waals surface area contributed by atoms with E-state index in [0.29, 0.717) is 5.02 Å². The molecule has 0 bridgehead atoms. The molecular formula is C18H21ClN2O8. The van der Waals surface area contributed by atoms with Crippen molar-refractivity contribution in [3.63, 3.8) is 0 Å². The van der Waals surface area contributed by atoms with Crippen LogP contribution in [0.2, 0.25) is 5.02 Å². The van der Waals surface area contributed by atoms with Crippen molar-refractivity contribution in [1.82, 2.24) is 10.6 Å². The van der Waals surface area contributed by atoms with Crippen molar-refractivity contribution in [3.05, 3.63) is 46.7 Å². The fraction of sp³-hybridized carbons (Fsp3) is 0.389. The van der Waals surface area contributed by atoms with Gasteiger partial charge >= 0.3 is 5.97 Å². The van der Waals surface area contributed by atoms with Gasteiger partial charge in [-0.15, -0.1) is 0 Å². The van der Waals surface area contributed by atoms with Crippen molar-refractivity contribution in [3.8, 4) is 0 Å². The van der Waals surface area contributed by atoms with Gasteiger partial charge in [-0.2, -0.15) is 0 Å². The summed E-state index contributed by atoms with van der Waals surface area (Å²) in [6.07, 6.45) is -3.81. The van der Waals surface area contributed by atoms with Crippen molar-refractivity contribution in [1.29, 1.82) is 0 Å². The maximum Gasteiger partial charge on any atom is 0.370 e. The van der Waals surface area contributed by atoms with E-state index in [9.17, 15) is 29.7 Å². The molecule has 1 aromatic rings. The van der Waals surface area contributed by atoms with Gasteiger partial charge in [0.05, 0.1) is 18.7 Å². The molecule has 2 rings (SSSR count). The Morgan fingerprint density at radius 2 is 1.79 bits per heavy atom. The number of aliphatic hydroxyl groups excluding tert-OH is 3. The van der Waals surface area contributed by atoms with Crippen LogP contribution in [0.1, 0.15) is 17.3 Å². The van der Waals surface area contributed by atoms with Crippen molar-refractivity contribution in [2.24, 2.45) is 0 Å². The molecule has 5 atom stereocenters. The SMILES string of the molecule is CC(=O)N[C@H]1[C@H]([C@H](O)[C@H](O)CO)OC(C(=O)O)=C[C@@H]1NC(=O)c1ccc(Cl)cc1. The van der Waals surface area contributed by atoms with Crippen molar-refractivity contribution < 1.29 is 39.5 Å². The van der Waals surface area contributed by atoms with Crippen LogP contribution >= 0.6 is 11.6 Å². The number of amides is 2. The lowest BCUT2D eigenvalue weighted by atomic mass is 9.91. The van der Waals surface area contributed by atoms with Crippen LogP contribution in [0.3, 0.4) is 0 Å². The fourth-order valence-corrected chi connectivity index (χ4v) is 2.96. The molecule has 0 saturated heterocycles. The monoisotopic (exact) mass is 428 g/mol. The van der Waals surface area contributed by atoms with Gasteiger partial charge in [0.15, 0.2) is 0 Å². The molecule has 0 aliphatic carbocycles. The highest BCUT2D eigenvalue weighted by atomic mass is 35.5. The summed E-state index contributed by atoms with van der Waals surface area (Å²) in [5, 5.41) is 43.9. The zero-order chi connectivity index (χ0) is 21.7. The van der Waals surface area contributed by atoms with Crippen LogP contribution in [0.5, 0.6) is 0 Å². The summed E-state index contributed by atoms with van der Waals surface area (Å²) < 4.78 is 5.24. The van der Waals surface area contributed by atoms with Gasteiger partial charge in [-0.3, -0.25) is 9.59 Å². The first-order valence-electron chi connectivity index (χ1n) is 8.56. The molecule has 29 heavy (non-hydrogen) atoms. The van der Waals surface area contributed by atoms with E-state index in [-0.39, 0.29) is 5.56 Å². The number of carboxylic acids is 1. The molecule has 158 valence electrons. The predicted octanol–water partition coefficient (Wildman–Crippen LogP) is -0.975. The molecule has 1 aliphatic heterocycles. The smallest absolute Gasteiger partial charge is 0.370 e. The number of halogens is 1. The molecule has 0 aromatic heterocycles. The average Bonchev–Trinajstić information content (AvgIpc) is 2.67. The largest absolute Gasteiger partial charge is 0.478 e. The Kier molecular flexibility index (Phi) is 7.57. The first-order valence-corrected chi connectivity index (χ1v) is 8.94. The Bertz CT molecular complexity index is 798. The number of nitrogens with one attached hydrogen (secondary N) is 2. The third kappa shape index (κ3) is 5.67. The van der Waals surface area contributed by atoms with Gasteiger partial charge in [0, 0.05) is 17.5 Å². The standard InChI is InChI=1S/C18H21ClN2O8/c1-8(23)20-14-11(21-17(26)9-2-4-10(19)5-3-9)6-13(18(27)28)29-16(14)15(25)12(24)7-22/h2-6,11-12,14-16,22,24-25H,7H2,1H3,(H,20,23)(H,21,26)(H,27,28)/t11-,12+,14+,15+,16+/m0/s1. The van der Waals surface area contributed by atoms with Gasteiger partial charge < -0.3 is 35.8 Å². The number of ether oxygens (including phenoxy) is 1. The average molecular weight is 429 g/mol. The second kappa shape index (κ2) is 9.70. The van der Waals surface area contributed by atoms with Crippen molar-refractivity contribution >= 4 is 29.4 Å². The van der Waals surface area contributed by atoms with E-state index in [2.05, 4.69) is 10.6 Å². The highest BCUT2D eigenvalue weighted by molar-refractivity contribution is 6.30. The third-order valence-corrected chi connectivity index (χ3v) is 4.49. The number of hydrogen-bond donors (Lipinski definition) is 6. The van der Waals surface area contributed by atoms with E-state index in [4.69, 9.17) is 21.4 Å². The minimum atomic E-state index is -1.75. The van der Waals surface area contributed by atoms with Gasteiger partial charge in [-0.05, 0) is 30.3 Å². The summed E-state index contributed by atoms with van der Waals surface area (Å²) in [4.78, 5) is 35.6. The Morgan fingerprint density at radius 3 is 2.31 bits per heavy atom. The second-order valence-electron chi connectivity index (χ2n) is 6.39. The van der Waals surface area contributed by atoms with Gasteiger partial charge in [-0.25, -0.2) is 4.79 Å². The molecule has 2 amide bonds. The van der Waals surface area contributed by atoms with E-state index >= 15 is 0 Å². The highest BCUT2D eigenvalue weighted by Crippen LogP contribution is 2.23. The summed E-state index contributed by atoms with van der Waals surface area (Å²) in [5.41, 5.74) is 0.222. The third-order valence-electron chi connectivity index (χ3n) is 4.24. The molecule has 1 aromatic carbocycles. The van der Waals surface area contributed by atoms with Crippen LogP contribution in [0.4, 0.5) is 0 Å². The molecule has 11 heteroatoms. The number of carbonyl (C=O) groups excluding carboxylic acids is 2. The molecule has 1 heterocycles. The van der Waals surface area contributed by atoms with Crippen LogP contribution in [-0.2, 0) is 14.3 Å². The van der Waals surface area contributed by atoms with Gasteiger partial charge in [0.1, 0.15) is 18.3 Å². The zero-order valence-electron chi connectivity index (χ0n) is 15.3. The van der Waals surface area contributed by atoms with E-state index < -0.39 is 60.5 Å². The van der Waals surface area contributed by atoms with Gasteiger partial charge in [0.2, 0.25) is 11.7 Å². The number of aliphatic hydroxyl groups is 3. The number of carbonyl (C=O) groups is 3. The van der Waals surface area contributed by atoms with E-state index in [1.54, 1.807) is 0 Å².